The Hall–Kier alpha value is -0.720. The maximum Gasteiger partial charge on any atom is 0.175 e. The average Bonchev–Trinajstić information content (AvgIpc) is 2.38. The van der Waals surface area contributed by atoms with Crippen LogP contribution in [0.25, 0.3) is 0 Å². The zero-order valence-corrected chi connectivity index (χ0v) is 12.5. The molecule has 19 heavy (non-hydrogen) atoms. The van der Waals surface area contributed by atoms with Crippen LogP contribution in [0.15, 0.2) is 34.1 Å². The first-order valence-corrected chi connectivity index (χ1v) is 9.46. The van der Waals surface area contributed by atoms with E-state index in [0.717, 1.165) is 31.9 Å². The lowest BCUT2D eigenvalue weighted by Crippen LogP contribution is -2.40. The summed E-state index contributed by atoms with van der Waals surface area (Å²) in [4.78, 5) is 0.913. The lowest BCUT2D eigenvalue weighted by atomic mass is 9.96. The predicted molar refractivity (Wildman–Crippen MR) is 76.2 cm³/mol. The van der Waals surface area contributed by atoms with Gasteiger partial charge < -0.3 is 5.73 Å². The maximum atomic E-state index is 12.5. The number of hydrogen-bond acceptors (Lipinski definition) is 4. The van der Waals surface area contributed by atoms with Gasteiger partial charge in [0.1, 0.15) is 0 Å². The zero-order chi connectivity index (χ0) is 14.0. The van der Waals surface area contributed by atoms with Crippen LogP contribution in [0.5, 0.6) is 0 Å². The van der Waals surface area contributed by atoms with Crippen molar-refractivity contribution < 1.29 is 12.6 Å². The van der Waals surface area contributed by atoms with E-state index in [1.165, 1.54) is 12.1 Å². The normalized spacial score (nSPS) is 26.0. The highest BCUT2D eigenvalue weighted by molar-refractivity contribution is 7.90. The third-order valence-corrected chi connectivity index (χ3v) is 6.51. The average molecular weight is 301 g/mol. The number of sulfone groups is 1. The molecule has 1 fully saturated rings. The van der Waals surface area contributed by atoms with E-state index in [2.05, 4.69) is 0 Å². The number of benzene rings is 1. The lowest BCUT2D eigenvalue weighted by molar-refractivity contribution is 0.445. The minimum atomic E-state index is -3.20. The van der Waals surface area contributed by atoms with Crippen molar-refractivity contribution in [2.45, 2.75) is 46.8 Å². The molecule has 0 aromatic heterocycles. The summed E-state index contributed by atoms with van der Waals surface area (Å²) in [6.07, 6.45) is 5.11. The predicted octanol–water partition coefficient (Wildman–Crippen LogP) is 1.47. The van der Waals surface area contributed by atoms with Crippen LogP contribution in [0.2, 0.25) is 0 Å². The van der Waals surface area contributed by atoms with Crippen LogP contribution < -0.4 is 5.73 Å². The van der Waals surface area contributed by atoms with E-state index < -0.39 is 20.6 Å². The van der Waals surface area contributed by atoms with Crippen LogP contribution in [-0.4, -0.2) is 30.2 Å². The highest BCUT2D eigenvalue weighted by Crippen LogP contribution is 2.25. The van der Waals surface area contributed by atoms with E-state index in [4.69, 9.17) is 5.73 Å². The fourth-order valence-electron chi connectivity index (χ4n) is 2.39. The van der Waals surface area contributed by atoms with E-state index >= 15 is 0 Å². The molecular weight excluding hydrogens is 282 g/mol. The molecule has 1 aliphatic carbocycles. The second kappa shape index (κ2) is 5.73. The Morgan fingerprint density at radius 1 is 1.16 bits per heavy atom. The van der Waals surface area contributed by atoms with Gasteiger partial charge in [0.2, 0.25) is 0 Å². The molecular formula is C13H19NO3S2. The molecule has 2 N–H and O–H groups in total. The van der Waals surface area contributed by atoms with E-state index in [1.54, 1.807) is 12.1 Å². The molecule has 1 aromatic rings. The van der Waals surface area contributed by atoms with Crippen LogP contribution in [0.1, 0.15) is 25.7 Å². The van der Waals surface area contributed by atoms with Gasteiger partial charge >= 0.3 is 0 Å². The highest BCUT2D eigenvalue weighted by Gasteiger charge is 2.28. The van der Waals surface area contributed by atoms with Gasteiger partial charge in [-0.05, 0) is 37.1 Å². The van der Waals surface area contributed by atoms with Crippen molar-refractivity contribution in [1.29, 1.82) is 0 Å². The Bertz CT molecular complexity index is 566. The van der Waals surface area contributed by atoms with Crippen molar-refractivity contribution in [2.75, 3.05) is 6.26 Å². The summed E-state index contributed by atoms with van der Waals surface area (Å²) in [5, 5.41) is -0.0159. The van der Waals surface area contributed by atoms with Gasteiger partial charge in [0.15, 0.2) is 9.84 Å². The van der Waals surface area contributed by atoms with E-state index in [0.29, 0.717) is 4.90 Å². The molecule has 4 nitrogen and oxygen atoms in total. The van der Waals surface area contributed by atoms with E-state index in [1.807, 2.05) is 0 Å². The molecule has 0 aliphatic heterocycles. The van der Waals surface area contributed by atoms with Gasteiger partial charge in [0.05, 0.1) is 20.9 Å². The van der Waals surface area contributed by atoms with Crippen molar-refractivity contribution in [2.24, 2.45) is 5.73 Å². The summed E-state index contributed by atoms with van der Waals surface area (Å²) in [6, 6.07) is 6.26. The van der Waals surface area contributed by atoms with Gasteiger partial charge in [-0.25, -0.2) is 8.42 Å². The topological polar surface area (TPSA) is 77.2 Å². The van der Waals surface area contributed by atoms with Gasteiger partial charge in [-0.15, -0.1) is 0 Å². The Morgan fingerprint density at radius 3 is 2.26 bits per heavy atom. The molecule has 0 heterocycles. The summed E-state index contributed by atoms with van der Waals surface area (Å²) in [5.74, 6) is 0. The zero-order valence-electron chi connectivity index (χ0n) is 10.9. The first-order chi connectivity index (χ1) is 8.89. The number of rotatable bonds is 3. The highest BCUT2D eigenvalue weighted by atomic mass is 32.2. The van der Waals surface area contributed by atoms with Gasteiger partial charge in [0, 0.05) is 17.2 Å². The lowest BCUT2D eigenvalue weighted by Gasteiger charge is -2.27. The summed E-state index contributed by atoms with van der Waals surface area (Å²) < 4.78 is 35.2. The van der Waals surface area contributed by atoms with Crippen LogP contribution in [0.4, 0.5) is 0 Å². The fourth-order valence-corrected chi connectivity index (χ4v) is 4.61. The summed E-state index contributed by atoms with van der Waals surface area (Å²) in [5.41, 5.74) is 6.03. The molecule has 106 valence electrons. The second-order valence-corrected chi connectivity index (χ2v) is 8.72. The summed E-state index contributed by atoms with van der Waals surface area (Å²) in [7, 11) is -4.36. The standard InChI is InChI=1S/C13H19NO3S2/c1-19(16,17)11-8-6-10(7-9-11)18(15)13-5-3-2-4-12(13)14/h6-9,12-13H,2-5,14H2,1H3. The molecule has 1 aromatic carbocycles. The molecule has 6 heteroatoms. The number of nitrogens with two attached hydrogens (primary N) is 1. The van der Waals surface area contributed by atoms with Gasteiger partial charge in [-0.2, -0.15) is 0 Å². The first-order valence-electron chi connectivity index (χ1n) is 6.36. The molecule has 2 rings (SSSR count). The van der Waals surface area contributed by atoms with Crippen LogP contribution in [0, 0.1) is 0 Å². The molecule has 0 radical (unpaired) electrons. The van der Waals surface area contributed by atoms with Crippen molar-refractivity contribution in [1.82, 2.24) is 0 Å². The van der Waals surface area contributed by atoms with E-state index in [-0.39, 0.29) is 16.2 Å². The molecule has 0 spiro atoms. The minimum absolute atomic E-state index is 0.0159. The quantitative estimate of drug-likeness (QED) is 0.917. The Kier molecular flexibility index (Phi) is 4.43. The Labute approximate surface area is 116 Å². The summed E-state index contributed by atoms with van der Waals surface area (Å²) in [6.45, 7) is 0. The smallest absolute Gasteiger partial charge is 0.175 e. The third kappa shape index (κ3) is 3.43. The van der Waals surface area contributed by atoms with Gasteiger partial charge in [-0.3, -0.25) is 4.21 Å². The molecule has 3 atom stereocenters. The third-order valence-electron chi connectivity index (χ3n) is 3.51. The monoisotopic (exact) mass is 301 g/mol. The van der Waals surface area contributed by atoms with Crippen LogP contribution in [0.3, 0.4) is 0 Å². The molecule has 1 aliphatic rings. The Balaban J connectivity index is 2.20. The maximum absolute atomic E-state index is 12.5. The van der Waals surface area contributed by atoms with Crippen molar-refractivity contribution in [3.8, 4) is 0 Å². The molecule has 0 bridgehead atoms. The minimum Gasteiger partial charge on any atom is -0.327 e. The molecule has 1 saturated carbocycles. The van der Waals surface area contributed by atoms with Gasteiger partial charge in [-0.1, -0.05) is 12.8 Å². The van der Waals surface area contributed by atoms with Gasteiger partial charge in [0.25, 0.3) is 0 Å². The molecule has 0 saturated heterocycles. The summed E-state index contributed by atoms with van der Waals surface area (Å²) >= 11 is 0. The van der Waals surface area contributed by atoms with Crippen molar-refractivity contribution >= 4 is 20.6 Å². The van der Waals surface area contributed by atoms with Crippen LogP contribution >= 0.6 is 0 Å². The van der Waals surface area contributed by atoms with Crippen molar-refractivity contribution in [3.05, 3.63) is 24.3 Å². The largest absolute Gasteiger partial charge is 0.327 e. The second-order valence-electron chi connectivity index (χ2n) is 5.03. The Morgan fingerprint density at radius 2 is 1.74 bits per heavy atom. The van der Waals surface area contributed by atoms with Crippen molar-refractivity contribution in [3.63, 3.8) is 0 Å². The number of hydrogen-bond donors (Lipinski definition) is 1. The molecule has 0 amide bonds. The SMILES string of the molecule is CS(=O)(=O)c1ccc(S(=O)C2CCCCC2N)cc1. The fraction of sp³-hybridized carbons (Fsp3) is 0.538. The van der Waals surface area contributed by atoms with E-state index in [9.17, 15) is 12.6 Å². The molecule has 3 unspecified atom stereocenters. The first kappa shape index (κ1) is 14.7. The van der Waals surface area contributed by atoms with Crippen LogP contribution in [-0.2, 0) is 20.6 Å².